The van der Waals surface area contributed by atoms with Gasteiger partial charge in [0.2, 0.25) is 23.6 Å². The lowest BCUT2D eigenvalue weighted by Crippen LogP contribution is -2.51. The average Bonchev–Trinajstić information content (AvgIpc) is 2.98. The van der Waals surface area contributed by atoms with Gasteiger partial charge in [-0.25, -0.2) is 4.98 Å². The molecule has 10 heteroatoms. The number of fused-ring (bicyclic) bond motifs is 2. The topological polar surface area (TPSA) is 138 Å². The maximum atomic E-state index is 14.0. The molecule has 1 aromatic heterocycles. The van der Waals surface area contributed by atoms with Crippen LogP contribution in [0, 0.1) is 5.41 Å². The minimum absolute atomic E-state index is 0.00246. The summed E-state index contributed by atoms with van der Waals surface area (Å²) < 4.78 is 0. The van der Waals surface area contributed by atoms with E-state index in [1.165, 1.54) is 6.92 Å². The largest absolute Gasteiger partial charge is 0.343 e. The van der Waals surface area contributed by atoms with Crippen LogP contribution in [0.15, 0.2) is 60.8 Å². The highest BCUT2D eigenvalue weighted by Crippen LogP contribution is 2.34. The monoisotopic (exact) mass is 582 g/mol. The van der Waals surface area contributed by atoms with Gasteiger partial charge in [-0.2, -0.15) is 0 Å². The van der Waals surface area contributed by atoms with Crippen LogP contribution >= 0.6 is 0 Å². The van der Waals surface area contributed by atoms with Crippen LogP contribution in [0.2, 0.25) is 0 Å². The van der Waals surface area contributed by atoms with Crippen LogP contribution in [0.1, 0.15) is 54.5 Å². The van der Waals surface area contributed by atoms with Crippen LogP contribution in [-0.4, -0.2) is 58.0 Å². The van der Waals surface area contributed by atoms with E-state index < -0.39 is 5.41 Å². The molecule has 43 heavy (non-hydrogen) atoms. The van der Waals surface area contributed by atoms with Crippen LogP contribution in [0.3, 0.4) is 0 Å². The van der Waals surface area contributed by atoms with Crippen LogP contribution in [-0.2, 0) is 45.1 Å². The Kier molecular flexibility index (Phi) is 8.86. The Morgan fingerprint density at radius 2 is 1.74 bits per heavy atom. The van der Waals surface area contributed by atoms with Crippen molar-refractivity contribution in [3.63, 3.8) is 0 Å². The smallest absolute Gasteiger partial charge is 0.244 e. The van der Waals surface area contributed by atoms with Gasteiger partial charge in [0.15, 0.2) is 0 Å². The second-order valence-electron chi connectivity index (χ2n) is 11.6. The normalized spacial score (nSPS) is 15.7. The van der Waals surface area contributed by atoms with Gasteiger partial charge in [0.25, 0.3) is 0 Å². The number of pyridine rings is 1. The Hall–Kier alpha value is -4.57. The first kappa shape index (κ1) is 29.9. The van der Waals surface area contributed by atoms with Crippen molar-refractivity contribution in [1.82, 2.24) is 14.8 Å². The number of carbonyl (C=O) groups excluding carboxylic acids is 4. The van der Waals surface area contributed by atoms with Crippen molar-refractivity contribution >= 4 is 35.1 Å². The number of nitrogens with zero attached hydrogens (tertiary/aromatic N) is 3. The number of amides is 4. The zero-order chi connectivity index (χ0) is 30.6. The predicted octanol–water partition coefficient (Wildman–Crippen LogP) is 3.24. The lowest BCUT2D eigenvalue weighted by molar-refractivity contribution is -0.148. The molecule has 4 N–H and O–H groups in total. The van der Waals surface area contributed by atoms with E-state index in [-0.39, 0.29) is 43.1 Å². The highest BCUT2D eigenvalue weighted by atomic mass is 16.2. The number of rotatable bonds is 7. The zero-order valence-electron chi connectivity index (χ0n) is 24.7. The third-order valence-electron chi connectivity index (χ3n) is 8.52. The molecule has 10 nitrogen and oxygen atoms in total. The Labute approximate surface area is 251 Å². The van der Waals surface area contributed by atoms with Gasteiger partial charge in [-0.05, 0) is 58.9 Å². The van der Waals surface area contributed by atoms with Crippen molar-refractivity contribution in [2.45, 2.75) is 52.6 Å². The second kappa shape index (κ2) is 12.7. The van der Waals surface area contributed by atoms with E-state index >= 15 is 0 Å². The molecule has 0 radical (unpaired) electrons. The molecule has 2 aliphatic rings. The van der Waals surface area contributed by atoms with Crippen LogP contribution < -0.4 is 16.4 Å². The van der Waals surface area contributed by atoms with Crippen LogP contribution in [0.4, 0.5) is 11.5 Å². The number of piperidine rings is 1. The molecular formula is C33H38N6O4. The molecule has 0 bridgehead atoms. The van der Waals surface area contributed by atoms with Crippen molar-refractivity contribution in [2.24, 2.45) is 11.1 Å². The maximum Gasteiger partial charge on any atom is 0.244 e. The lowest BCUT2D eigenvalue weighted by atomic mass is 9.78. The van der Waals surface area contributed by atoms with Gasteiger partial charge in [0, 0.05) is 56.8 Å². The molecule has 1 fully saturated rings. The predicted molar refractivity (Wildman–Crippen MR) is 164 cm³/mol. The van der Waals surface area contributed by atoms with Gasteiger partial charge in [-0.15, -0.1) is 0 Å². The van der Waals surface area contributed by atoms with Gasteiger partial charge in [-0.1, -0.05) is 43.3 Å². The van der Waals surface area contributed by atoms with E-state index in [1.54, 1.807) is 16.0 Å². The molecule has 3 aromatic rings. The van der Waals surface area contributed by atoms with E-state index in [9.17, 15) is 19.2 Å². The fourth-order valence-corrected chi connectivity index (χ4v) is 5.89. The highest BCUT2D eigenvalue weighted by Gasteiger charge is 2.40. The average molecular weight is 583 g/mol. The zero-order valence-corrected chi connectivity index (χ0v) is 24.7. The number of nitrogens with one attached hydrogen (secondary N) is 2. The fourth-order valence-electron chi connectivity index (χ4n) is 5.89. The summed E-state index contributed by atoms with van der Waals surface area (Å²) in [5.41, 5.74) is 10.4. The Morgan fingerprint density at radius 3 is 2.47 bits per heavy atom. The number of carbonyl (C=O) groups is 4. The minimum atomic E-state index is -0.703. The van der Waals surface area contributed by atoms with Gasteiger partial charge in [0.05, 0.1) is 6.42 Å². The van der Waals surface area contributed by atoms with E-state index in [0.29, 0.717) is 50.4 Å². The third kappa shape index (κ3) is 6.91. The third-order valence-corrected chi connectivity index (χ3v) is 8.52. The number of anilines is 2. The Morgan fingerprint density at radius 1 is 1.00 bits per heavy atom. The van der Waals surface area contributed by atoms with E-state index in [1.807, 2.05) is 61.5 Å². The Bertz CT molecular complexity index is 1550. The fraction of sp³-hybridized carbons (Fsp3) is 0.364. The Balaban J connectivity index is 1.35. The van der Waals surface area contributed by atoms with E-state index in [2.05, 4.69) is 15.6 Å². The number of aromatic nitrogens is 1. The van der Waals surface area contributed by atoms with Gasteiger partial charge in [0.1, 0.15) is 12.4 Å². The number of likely N-dealkylation sites (tertiary alicyclic amines) is 1. The molecule has 0 unspecified atom stereocenters. The van der Waals surface area contributed by atoms with Crippen molar-refractivity contribution in [2.75, 3.05) is 30.3 Å². The van der Waals surface area contributed by atoms with E-state index in [4.69, 9.17) is 5.73 Å². The number of nitrogens with two attached hydrogens (primary N) is 1. The van der Waals surface area contributed by atoms with Crippen molar-refractivity contribution in [1.29, 1.82) is 0 Å². The molecule has 3 heterocycles. The summed E-state index contributed by atoms with van der Waals surface area (Å²) in [7, 11) is 0. The van der Waals surface area contributed by atoms with E-state index in [0.717, 1.165) is 27.8 Å². The summed E-state index contributed by atoms with van der Waals surface area (Å²) in [5, 5.41) is 5.81. The van der Waals surface area contributed by atoms with Crippen LogP contribution in [0.25, 0.3) is 0 Å². The number of hydrogen-bond acceptors (Lipinski definition) is 6. The highest BCUT2D eigenvalue weighted by molar-refractivity contribution is 5.96. The van der Waals surface area contributed by atoms with Crippen LogP contribution in [0.5, 0.6) is 0 Å². The van der Waals surface area contributed by atoms with Gasteiger partial charge < -0.3 is 26.2 Å². The SMILES string of the molecule is CC(=O)N1CCC(C)(C(=O)N(CC(=O)Nc2ccc3c(c2)CC(=O)Nc2ncccc2C3)Cc2ccccc2CN)CC1. The van der Waals surface area contributed by atoms with Crippen molar-refractivity contribution in [3.8, 4) is 0 Å². The maximum absolute atomic E-state index is 14.0. The molecule has 0 spiro atoms. The quantitative estimate of drug-likeness (QED) is 0.391. The first-order chi connectivity index (χ1) is 20.6. The molecule has 0 aliphatic carbocycles. The summed E-state index contributed by atoms with van der Waals surface area (Å²) in [6.07, 6.45) is 3.46. The van der Waals surface area contributed by atoms with Crippen molar-refractivity contribution < 1.29 is 19.2 Å². The number of hydrogen-bond donors (Lipinski definition) is 3. The van der Waals surface area contributed by atoms with Gasteiger partial charge in [-0.3, -0.25) is 19.2 Å². The summed E-state index contributed by atoms with van der Waals surface area (Å²) in [4.78, 5) is 59.7. The molecule has 2 aromatic carbocycles. The molecule has 0 atom stereocenters. The van der Waals surface area contributed by atoms with Gasteiger partial charge >= 0.3 is 0 Å². The first-order valence-electron chi connectivity index (χ1n) is 14.6. The molecule has 2 aliphatic heterocycles. The second-order valence-corrected chi connectivity index (χ2v) is 11.6. The summed E-state index contributed by atoms with van der Waals surface area (Å²) in [6.45, 7) is 4.86. The standard InChI is InChI=1S/C33H38N6O4/c1-22(40)38-14-11-33(2,12-15-38)32(43)39(20-26-7-4-3-6-25(26)19-34)21-30(42)36-28-10-9-23-16-24-8-5-13-35-31(24)37-29(41)18-27(23)17-28/h3-10,13,17H,11-12,14-16,18-21,34H2,1-2H3,(H,36,42)(H,35,37,41). The minimum Gasteiger partial charge on any atom is -0.343 e. The molecule has 0 saturated carbocycles. The first-order valence-corrected chi connectivity index (χ1v) is 14.6. The summed E-state index contributed by atoms with van der Waals surface area (Å²) in [5.74, 6) is -0.0776. The molecule has 224 valence electrons. The molecular weight excluding hydrogens is 544 g/mol. The molecule has 5 rings (SSSR count). The summed E-state index contributed by atoms with van der Waals surface area (Å²) >= 11 is 0. The summed E-state index contributed by atoms with van der Waals surface area (Å²) in [6, 6.07) is 17.0. The number of benzene rings is 2. The van der Waals surface area contributed by atoms with Crippen molar-refractivity contribution in [3.05, 3.63) is 88.6 Å². The molecule has 4 amide bonds. The molecule has 1 saturated heterocycles. The lowest BCUT2D eigenvalue weighted by Gasteiger charge is -2.40.